The van der Waals surface area contributed by atoms with Crippen molar-refractivity contribution in [2.75, 3.05) is 12.3 Å². The summed E-state index contributed by atoms with van der Waals surface area (Å²) in [5.41, 5.74) is 7.01. The van der Waals surface area contributed by atoms with Gasteiger partial charge in [0.15, 0.2) is 0 Å². The van der Waals surface area contributed by atoms with E-state index in [0.29, 0.717) is 6.04 Å². The molecule has 1 aliphatic rings. The summed E-state index contributed by atoms with van der Waals surface area (Å²) >= 11 is 3.75. The maximum atomic E-state index is 5.84. The monoisotopic (exact) mass is 271 g/mol. The summed E-state index contributed by atoms with van der Waals surface area (Å²) in [4.78, 5) is 7.14. The molecule has 0 aromatic carbocycles. The van der Waals surface area contributed by atoms with E-state index in [-0.39, 0.29) is 6.04 Å². The van der Waals surface area contributed by atoms with E-state index in [4.69, 9.17) is 5.73 Å². The molecule has 1 fully saturated rings. The summed E-state index contributed by atoms with van der Waals surface area (Å²) < 4.78 is 0. The van der Waals surface area contributed by atoms with E-state index in [9.17, 15) is 0 Å². The molecule has 0 aliphatic carbocycles. The summed E-state index contributed by atoms with van der Waals surface area (Å²) in [5.74, 6) is 1.23. The molecule has 0 bridgehead atoms. The predicted molar refractivity (Wildman–Crippen MR) is 76.5 cm³/mol. The number of thiazole rings is 1. The van der Waals surface area contributed by atoms with Gasteiger partial charge < -0.3 is 5.73 Å². The lowest BCUT2D eigenvalue weighted by atomic mass is 10.2. The molecular formula is C12H21N3S2. The number of hydrogen-bond acceptors (Lipinski definition) is 5. The number of nitrogens with zero attached hydrogens (tertiary/aromatic N) is 2. The topological polar surface area (TPSA) is 42.1 Å². The molecule has 2 N–H and O–H groups in total. The Balaban J connectivity index is 1.99. The fraction of sp³-hybridized carbons (Fsp3) is 0.750. The zero-order valence-corrected chi connectivity index (χ0v) is 12.4. The fourth-order valence-electron chi connectivity index (χ4n) is 2.03. The van der Waals surface area contributed by atoms with Gasteiger partial charge in [0, 0.05) is 35.5 Å². The van der Waals surface area contributed by atoms with Crippen LogP contribution in [0.15, 0.2) is 5.38 Å². The zero-order chi connectivity index (χ0) is 12.4. The third-order valence-corrected chi connectivity index (χ3v) is 5.77. The number of thioether (sulfide) groups is 1. The fourth-order valence-corrected chi connectivity index (χ4v) is 3.96. The minimum Gasteiger partial charge on any atom is -0.322 e. The maximum absolute atomic E-state index is 5.84. The summed E-state index contributed by atoms with van der Waals surface area (Å²) in [6, 6.07) is 0.691. The van der Waals surface area contributed by atoms with Gasteiger partial charge in [0.2, 0.25) is 0 Å². The van der Waals surface area contributed by atoms with Crippen LogP contribution in [0, 0.1) is 0 Å². The van der Waals surface area contributed by atoms with Crippen LogP contribution in [0.4, 0.5) is 0 Å². The van der Waals surface area contributed by atoms with Crippen LogP contribution < -0.4 is 5.73 Å². The quantitative estimate of drug-likeness (QED) is 0.917. The van der Waals surface area contributed by atoms with Crippen molar-refractivity contribution in [3.8, 4) is 0 Å². The van der Waals surface area contributed by atoms with E-state index in [1.807, 2.05) is 6.92 Å². The van der Waals surface area contributed by atoms with Gasteiger partial charge in [-0.25, -0.2) is 4.98 Å². The van der Waals surface area contributed by atoms with Crippen LogP contribution in [0.25, 0.3) is 0 Å². The van der Waals surface area contributed by atoms with E-state index in [1.54, 1.807) is 11.3 Å². The first-order valence-electron chi connectivity index (χ1n) is 6.13. The zero-order valence-electron chi connectivity index (χ0n) is 10.7. The minimum atomic E-state index is 0.0574. The molecule has 96 valence electrons. The van der Waals surface area contributed by atoms with Crippen molar-refractivity contribution in [3.63, 3.8) is 0 Å². The second-order valence-electron chi connectivity index (χ2n) is 4.75. The highest BCUT2D eigenvalue weighted by atomic mass is 32.2. The molecule has 2 rings (SSSR count). The van der Waals surface area contributed by atoms with E-state index in [0.717, 1.165) is 16.8 Å². The largest absolute Gasteiger partial charge is 0.322 e. The molecule has 0 saturated carbocycles. The molecule has 1 aromatic rings. The molecule has 0 spiro atoms. The SMILES string of the molecule is CC(N)c1nc(CN2CCSC(C)C2C)cs1. The Morgan fingerprint density at radius 2 is 2.35 bits per heavy atom. The molecule has 1 aliphatic heterocycles. The van der Waals surface area contributed by atoms with Crippen LogP contribution >= 0.6 is 23.1 Å². The number of aromatic nitrogens is 1. The second-order valence-corrected chi connectivity index (χ2v) is 7.13. The third-order valence-electron chi connectivity index (χ3n) is 3.34. The van der Waals surface area contributed by atoms with Crippen molar-refractivity contribution in [3.05, 3.63) is 16.1 Å². The predicted octanol–water partition coefficient (Wildman–Crippen LogP) is 2.49. The molecule has 3 unspecified atom stereocenters. The number of rotatable bonds is 3. The Morgan fingerprint density at radius 3 is 3.00 bits per heavy atom. The normalized spacial score (nSPS) is 28.2. The van der Waals surface area contributed by atoms with Gasteiger partial charge in [-0.05, 0) is 13.8 Å². The average Bonchev–Trinajstić information content (AvgIpc) is 2.73. The molecule has 0 radical (unpaired) electrons. The molecular weight excluding hydrogens is 250 g/mol. The van der Waals surface area contributed by atoms with Crippen LogP contribution in [0.2, 0.25) is 0 Å². The molecule has 5 heteroatoms. The Labute approximate surface area is 112 Å². The Hall–Kier alpha value is -0.100. The number of hydrogen-bond donors (Lipinski definition) is 1. The highest BCUT2D eigenvalue weighted by Gasteiger charge is 2.25. The van der Waals surface area contributed by atoms with Crippen molar-refractivity contribution in [1.29, 1.82) is 0 Å². The Morgan fingerprint density at radius 1 is 1.59 bits per heavy atom. The van der Waals surface area contributed by atoms with Gasteiger partial charge in [-0.15, -0.1) is 11.3 Å². The van der Waals surface area contributed by atoms with Gasteiger partial charge in [-0.3, -0.25) is 4.90 Å². The highest BCUT2D eigenvalue weighted by Crippen LogP contribution is 2.26. The molecule has 2 heterocycles. The summed E-state index contributed by atoms with van der Waals surface area (Å²) in [6.45, 7) is 8.76. The van der Waals surface area contributed by atoms with E-state index in [2.05, 4.69) is 40.9 Å². The standard InChI is InChI=1S/C12H21N3S2/c1-8(13)12-14-11(7-17-12)6-15-4-5-16-10(3)9(15)2/h7-10H,4-6,13H2,1-3H3. The lowest BCUT2D eigenvalue weighted by Gasteiger charge is -2.37. The van der Waals surface area contributed by atoms with E-state index >= 15 is 0 Å². The molecule has 1 saturated heterocycles. The van der Waals surface area contributed by atoms with E-state index in [1.165, 1.54) is 18.0 Å². The van der Waals surface area contributed by atoms with Gasteiger partial charge in [0.25, 0.3) is 0 Å². The van der Waals surface area contributed by atoms with Crippen LogP contribution in [0.3, 0.4) is 0 Å². The molecule has 17 heavy (non-hydrogen) atoms. The van der Waals surface area contributed by atoms with Gasteiger partial charge >= 0.3 is 0 Å². The first kappa shape index (κ1) is 13.3. The first-order chi connectivity index (χ1) is 8.08. The van der Waals surface area contributed by atoms with Crippen molar-refractivity contribution < 1.29 is 0 Å². The van der Waals surface area contributed by atoms with Crippen molar-refractivity contribution in [2.45, 2.75) is 44.6 Å². The highest BCUT2D eigenvalue weighted by molar-refractivity contribution is 8.00. The van der Waals surface area contributed by atoms with Crippen LogP contribution in [0.1, 0.15) is 37.5 Å². The van der Waals surface area contributed by atoms with Gasteiger partial charge in [0.05, 0.1) is 11.7 Å². The molecule has 3 nitrogen and oxygen atoms in total. The smallest absolute Gasteiger partial charge is 0.109 e. The van der Waals surface area contributed by atoms with Gasteiger partial charge in [-0.1, -0.05) is 6.92 Å². The van der Waals surface area contributed by atoms with Crippen molar-refractivity contribution >= 4 is 23.1 Å². The van der Waals surface area contributed by atoms with Gasteiger partial charge in [0.1, 0.15) is 5.01 Å². The Kier molecular flexibility index (Phi) is 4.47. The van der Waals surface area contributed by atoms with Gasteiger partial charge in [-0.2, -0.15) is 11.8 Å². The molecule has 1 aromatic heterocycles. The summed E-state index contributed by atoms with van der Waals surface area (Å²) in [5, 5.41) is 3.92. The van der Waals surface area contributed by atoms with E-state index < -0.39 is 0 Å². The van der Waals surface area contributed by atoms with Crippen molar-refractivity contribution in [1.82, 2.24) is 9.88 Å². The van der Waals surface area contributed by atoms with Crippen LogP contribution in [0.5, 0.6) is 0 Å². The lowest BCUT2D eigenvalue weighted by Crippen LogP contribution is -2.44. The average molecular weight is 271 g/mol. The lowest BCUT2D eigenvalue weighted by molar-refractivity contribution is 0.202. The maximum Gasteiger partial charge on any atom is 0.109 e. The summed E-state index contributed by atoms with van der Waals surface area (Å²) in [6.07, 6.45) is 0. The third kappa shape index (κ3) is 3.22. The molecule has 0 amide bonds. The molecule has 3 atom stereocenters. The van der Waals surface area contributed by atoms with Crippen LogP contribution in [-0.2, 0) is 6.54 Å². The second kappa shape index (κ2) is 5.69. The van der Waals surface area contributed by atoms with Crippen molar-refractivity contribution in [2.24, 2.45) is 5.73 Å². The van der Waals surface area contributed by atoms with Crippen LogP contribution in [-0.4, -0.2) is 33.5 Å². The Bertz CT molecular complexity index is 364. The first-order valence-corrected chi connectivity index (χ1v) is 8.06. The summed E-state index contributed by atoms with van der Waals surface area (Å²) in [7, 11) is 0. The minimum absolute atomic E-state index is 0.0574. The number of nitrogens with two attached hydrogens (primary N) is 1.